The van der Waals surface area contributed by atoms with E-state index in [2.05, 4.69) is 0 Å². The van der Waals surface area contributed by atoms with Gasteiger partial charge in [0.1, 0.15) is 7.05 Å². The number of halogens is 2. The predicted molar refractivity (Wildman–Crippen MR) is 51.2 cm³/mol. The summed E-state index contributed by atoms with van der Waals surface area (Å²) in [7, 11) is 1.39. The maximum Gasteiger partial charge on any atom is 0.183 e. The van der Waals surface area contributed by atoms with Gasteiger partial charge < -0.3 is 5.21 Å². The zero-order chi connectivity index (χ0) is 9.14. The minimum atomic E-state index is 0.477. The van der Waals surface area contributed by atoms with Gasteiger partial charge in [-0.15, -0.1) is 0 Å². The molecule has 0 spiro atoms. The summed E-state index contributed by atoms with van der Waals surface area (Å²) < 4.78 is 0.690. The fourth-order valence-electron chi connectivity index (χ4n) is 0.802. The van der Waals surface area contributed by atoms with Gasteiger partial charge in [0.25, 0.3) is 0 Å². The molecule has 2 nitrogen and oxygen atoms in total. The van der Waals surface area contributed by atoms with Crippen LogP contribution in [0.15, 0.2) is 18.2 Å². The molecule has 12 heavy (non-hydrogen) atoms. The van der Waals surface area contributed by atoms with Crippen LogP contribution in [0.1, 0.15) is 5.56 Å². The number of hydroxylamine groups is 1. The maximum atomic E-state index is 10.6. The Morgan fingerprint density at radius 1 is 1.42 bits per heavy atom. The quantitative estimate of drug-likeness (QED) is 0.298. The van der Waals surface area contributed by atoms with Crippen LogP contribution in [0, 0.1) is 5.21 Å². The lowest BCUT2D eigenvalue weighted by atomic mass is 10.2. The molecule has 1 rings (SSSR count). The topological polar surface area (TPSA) is 26.1 Å². The number of hydrogen-bond donors (Lipinski definition) is 0. The van der Waals surface area contributed by atoms with E-state index in [0.717, 1.165) is 0 Å². The molecule has 0 heterocycles. The van der Waals surface area contributed by atoms with Crippen LogP contribution >= 0.6 is 23.2 Å². The zero-order valence-corrected chi connectivity index (χ0v) is 7.93. The first-order valence-corrected chi connectivity index (χ1v) is 4.05. The van der Waals surface area contributed by atoms with E-state index in [1.165, 1.54) is 13.3 Å². The molecule has 0 aliphatic rings. The molecule has 0 radical (unpaired) electrons. The Morgan fingerprint density at radius 2 is 2.08 bits per heavy atom. The number of rotatable bonds is 1. The lowest BCUT2D eigenvalue weighted by Gasteiger charge is -1.98. The first-order valence-electron chi connectivity index (χ1n) is 3.29. The third kappa shape index (κ3) is 2.40. The molecule has 0 atom stereocenters. The molecule has 0 unspecified atom stereocenters. The van der Waals surface area contributed by atoms with Crippen LogP contribution in [-0.4, -0.2) is 18.0 Å². The third-order valence-corrected chi connectivity index (χ3v) is 1.85. The number of nitrogens with zero attached hydrogens (tertiary/aromatic N) is 1. The average Bonchev–Trinajstić information content (AvgIpc) is 1.94. The Bertz CT molecular complexity index is 319. The first kappa shape index (κ1) is 9.36. The van der Waals surface area contributed by atoms with E-state index in [9.17, 15) is 5.21 Å². The summed E-state index contributed by atoms with van der Waals surface area (Å²) >= 11 is 11.5. The largest absolute Gasteiger partial charge is 0.624 e. The van der Waals surface area contributed by atoms with Gasteiger partial charge in [0.15, 0.2) is 6.21 Å². The van der Waals surface area contributed by atoms with E-state index in [-0.39, 0.29) is 0 Å². The fourth-order valence-corrected chi connectivity index (χ4v) is 1.26. The Balaban J connectivity index is 3.10. The number of hydrogen-bond acceptors (Lipinski definition) is 1. The Labute approximate surface area is 80.6 Å². The summed E-state index contributed by atoms with van der Waals surface area (Å²) in [5, 5.41) is 11.7. The van der Waals surface area contributed by atoms with Gasteiger partial charge in [0.2, 0.25) is 0 Å². The van der Waals surface area contributed by atoms with Crippen molar-refractivity contribution in [3.63, 3.8) is 0 Å². The van der Waals surface area contributed by atoms with Crippen molar-refractivity contribution in [2.45, 2.75) is 0 Å². The highest BCUT2D eigenvalue weighted by molar-refractivity contribution is 6.36. The second-order valence-electron chi connectivity index (χ2n) is 2.34. The van der Waals surface area contributed by atoms with E-state index in [0.29, 0.717) is 20.3 Å². The molecule has 4 heteroatoms. The molecule has 1 aromatic carbocycles. The summed E-state index contributed by atoms with van der Waals surface area (Å²) in [6.07, 6.45) is 1.39. The minimum Gasteiger partial charge on any atom is -0.624 e. The van der Waals surface area contributed by atoms with Gasteiger partial charge in [-0.2, -0.15) is 0 Å². The molecule has 0 bridgehead atoms. The molecule has 0 amide bonds. The second-order valence-corrected chi connectivity index (χ2v) is 3.18. The molecule has 0 N–H and O–H groups in total. The van der Waals surface area contributed by atoms with Gasteiger partial charge >= 0.3 is 0 Å². The third-order valence-electron chi connectivity index (χ3n) is 1.28. The smallest absolute Gasteiger partial charge is 0.183 e. The van der Waals surface area contributed by atoms with E-state index in [4.69, 9.17) is 23.2 Å². The van der Waals surface area contributed by atoms with Gasteiger partial charge in [-0.25, -0.2) is 4.74 Å². The predicted octanol–water partition coefficient (Wildman–Crippen LogP) is 2.55. The lowest BCUT2D eigenvalue weighted by molar-refractivity contribution is -0.416. The Morgan fingerprint density at radius 3 is 2.58 bits per heavy atom. The zero-order valence-electron chi connectivity index (χ0n) is 6.42. The summed E-state index contributed by atoms with van der Waals surface area (Å²) in [4.78, 5) is 0. The molecule has 0 aliphatic carbocycles. The Hall–Kier alpha value is -0.730. The molecule has 0 aliphatic heterocycles. The highest BCUT2D eigenvalue weighted by atomic mass is 35.5. The van der Waals surface area contributed by atoms with Crippen LogP contribution < -0.4 is 0 Å². The second kappa shape index (κ2) is 3.78. The standard InChI is InChI=1S/C8H7Cl2NO/c1-11(12)5-6-2-3-7(9)4-8(6)10/h2-5H,1H3. The van der Waals surface area contributed by atoms with Crippen molar-refractivity contribution in [3.05, 3.63) is 39.0 Å². The van der Waals surface area contributed by atoms with E-state index >= 15 is 0 Å². The maximum absolute atomic E-state index is 10.6. The molecule has 64 valence electrons. The van der Waals surface area contributed by atoms with Gasteiger partial charge in [0, 0.05) is 5.02 Å². The van der Waals surface area contributed by atoms with E-state index in [1.807, 2.05) is 0 Å². The summed E-state index contributed by atoms with van der Waals surface area (Å²) in [6.45, 7) is 0. The van der Waals surface area contributed by atoms with E-state index in [1.54, 1.807) is 18.2 Å². The van der Waals surface area contributed by atoms with Crippen LogP contribution in [0.25, 0.3) is 0 Å². The van der Waals surface area contributed by atoms with Gasteiger partial charge in [0.05, 0.1) is 10.6 Å². The first-order chi connectivity index (χ1) is 5.59. The average molecular weight is 204 g/mol. The Kier molecular flexibility index (Phi) is 2.95. The molecule has 0 aromatic heterocycles. The highest BCUT2D eigenvalue weighted by Crippen LogP contribution is 2.19. The van der Waals surface area contributed by atoms with Crippen molar-refractivity contribution in [3.8, 4) is 0 Å². The van der Waals surface area contributed by atoms with Gasteiger partial charge in [-0.3, -0.25) is 0 Å². The molecule has 0 fully saturated rings. The summed E-state index contributed by atoms with van der Waals surface area (Å²) in [6, 6.07) is 4.97. The van der Waals surface area contributed by atoms with Crippen LogP contribution in [0.4, 0.5) is 0 Å². The van der Waals surface area contributed by atoms with Crippen LogP contribution in [0.3, 0.4) is 0 Å². The van der Waals surface area contributed by atoms with Crippen molar-refractivity contribution in [2.24, 2.45) is 0 Å². The van der Waals surface area contributed by atoms with Gasteiger partial charge in [-0.05, 0) is 18.2 Å². The molecule has 0 saturated carbocycles. The van der Waals surface area contributed by atoms with Crippen LogP contribution in [0.5, 0.6) is 0 Å². The van der Waals surface area contributed by atoms with Crippen molar-refractivity contribution < 1.29 is 4.74 Å². The SMILES string of the molecule is C[N+]([O-])=Cc1ccc(Cl)cc1Cl. The molecule has 0 saturated heterocycles. The highest BCUT2D eigenvalue weighted by Gasteiger charge is 2.00. The van der Waals surface area contributed by atoms with Crippen molar-refractivity contribution >= 4 is 29.4 Å². The number of benzene rings is 1. The lowest BCUT2D eigenvalue weighted by Crippen LogP contribution is -1.97. The summed E-state index contributed by atoms with van der Waals surface area (Å²) in [5.74, 6) is 0. The minimum absolute atomic E-state index is 0.477. The monoisotopic (exact) mass is 203 g/mol. The van der Waals surface area contributed by atoms with Crippen LogP contribution in [0.2, 0.25) is 10.0 Å². The van der Waals surface area contributed by atoms with E-state index < -0.39 is 0 Å². The van der Waals surface area contributed by atoms with Crippen molar-refractivity contribution in [1.82, 2.24) is 0 Å². The summed E-state index contributed by atoms with van der Waals surface area (Å²) in [5.41, 5.74) is 0.665. The van der Waals surface area contributed by atoms with Crippen LogP contribution in [-0.2, 0) is 0 Å². The van der Waals surface area contributed by atoms with Gasteiger partial charge in [-0.1, -0.05) is 23.2 Å². The fraction of sp³-hybridized carbons (Fsp3) is 0.125. The molecule has 1 aromatic rings. The van der Waals surface area contributed by atoms with Crippen molar-refractivity contribution in [2.75, 3.05) is 7.05 Å². The normalized spacial score (nSPS) is 11.8. The van der Waals surface area contributed by atoms with Crippen molar-refractivity contribution in [1.29, 1.82) is 0 Å². The molecular formula is C8H7Cl2NO. The molecular weight excluding hydrogens is 197 g/mol.